The lowest BCUT2D eigenvalue weighted by Crippen LogP contribution is -2.27. The Kier molecular flexibility index (Phi) is 4.22. The van der Waals surface area contributed by atoms with Gasteiger partial charge in [0.25, 0.3) is 0 Å². The Morgan fingerprint density at radius 2 is 1.92 bits per heavy atom. The Hall–Kier alpha value is -2.14. The van der Waals surface area contributed by atoms with Gasteiger partial charge < -0.3 is 9.73 Å². The fourth-order valence-electron chi connectivity index (χ4n) is 2.22. The fraction of sp³-hybridized carbons (Fsp3) is 0.263. The Bertz CT molecular complexity index is 923. The molecule has 0 saturated heterocycles. The van der Waals surface area contributed by atoms with Crippen molar-refractivity contribution in [3.8, 4) is 11.5 Å². The van der Waals surface area contributed by atoms with Crippen molar-refractivity contribution in [3.63, 3.8) is 0 Å². The minimum atomic E-state index is -0.448. The third-order valence-electron chi connectivity index (χ3n) is 3.69. The van der Waals surface area contributed by atoms with Crippen LogP contribution in [0.4, 0.5) is 5.69 Å². The van der Waals surface area contributed by atoms with E-state index in [1.165, 1.54) is 0 Å². The molecular weight excluding hydrogens is 368 g/mol. The summed E-state index contributed by atoms with van der Waals surface area (Å²) in [5.41, 5.74) is 3.87. The minimum absolute atomic E-state index is 0.0340. The molecule has 1 aromatic heterocycles. The maximum absolute atomic E-state index is 12.1. The van der Waals surface area contributed by atoms with Gasteiger partial charge in [-0.1, -0.05) is 26.8 Å². The van der Waals surface area contributed by atoms with Crippen LogP contribution in [-0.2, 0) is 4.79 Å². The highest BCUT2D eigenvalue weighted by atomic mass is 79.9. The van der Waals surface area contributed by atoms with Gasteiger partial charge in [-0.15, -0.1) is 0 Å². The molecule has 1 N–H and O–H groups in total. The second-order valence-electron chi connectivity index (χ2n) is 6.89. The van der Waals surface area contributed by atoms with Crippen molar-refractivity contribution >= 4 is 38.6 Å². The van der Waals surface area contributed by atoms with E-state index < -0.39 is 5.41 Å². The average Bonchev–Trinajstić information content (AvgIpc) is 2.91. The smallest absolute Gasteiger partial charge is 0.229 e. The van der Waals surface area contributed by atoms with Crippen molar-refractivity contribution in [1.82, 2.24) is 4.98 Å². The number of rotatable bonds is 2. The molecule has 24 heavy (non-hydrogen) atoms. The fourth-order valence-corrected chi connectivity index (χ4v) is 2.70. The van der Waals surface area contributed by atoms with E-state index in [0.717, 1.165) is 32.4 Å². The van der Waals surface area contributed by atoms with E-state index in [1.807, 2.05) is 64.1 Å². The molecule has 5 heteroatoms. The van der Waals surface area contributed by atoms with E-state index in [0.29, 0.717) is 5.89 Å². The van der Waals surface area contributed by atoms with Gasteiger partial charge in [-0.3, -0.25) is 4.79 Å². The number of amides is 1. The number of nitrogens with zero attached hydrogens (tertiary/aromatic N) is 1. The molecule has 0 unspecified atom stereocenters. The average molecular weight is 387 g/mol. The summed E-state index contributed by atoms with van der Waals surface area (Å²) >= 11 is 3.51. The third kappa shape index (κ3) is 3.36. The number of hydrogen-bond donors (Lipinski definition) is 1. The first kappa shape index (κ1) is 16.7. The summed E-state index contributed by atoms with van der Waals surface area (Å²) in [6.45, 7) is 7.66. The number of fused-ring (bicyclic) bond motifs is 1. The zero-order chi connectivity index (χ0) is 17.5. The van der Waals surface area contributed by atoms with Crippen molar-refractivity contribution in [1.29, 1.82) is 0 Å². The van der Waals surface area contributed by atoms with Crippen molar-refractivity contribution in [2.24, 2.45) is 5.41 Å². The molecule has 0 aliphatic heterocycles. The molecule has 0 radical (unpaired) electrons. The summed E-state index contributed by atoms with van der Waals surface area (Å²) in [4.78, 5) is 16.7. The van der Waals surface area contributed by atoms with Gasteiger partial charge in [-0.25, -0.2) is 4.98 Å². The topological polar surface area (TPSA) is 55.1 Å². The van der Waals surface area contributed by atoms with E-state index in [9.17, 15) is 4.79 Å². The van der Waals surface area contributed by atoms with E-state index in [-0.39, 0.29) is 5.91 Å². The van der Waals surface area contributed by atoms with Crippen LogP contribution in [0.5, 0.6) is 0 Å². The second-order valence-corrected chi connectivity index (χ2v) is 7.74. The molecule has 0 bridgehead atoms. The SMILES string of the molecule is Cc1ccc2oc(-c3ccc(NC(=O)C(C)(C)C)c(Br)c3)nc2c1. The molecule has 0 atom stereocenters. The Morgan fingerprint density at radius 1 is 1.17 bits per heavy atom. The summed E-state index contributed by atoms with van der Waals surface area (Å²) in [5, 5.41) is 2.93. The summed E-state index contributed by atoms with van der Waals surface area (Å²) in [6, 6.07) is 11.6. The standard InChI is InChI=1S/C19H19BrN2O2/c1-11-5-8-16-15(9-11)21-17(24-16)12-6-7-14(13(20)10-12)22-18(23)19(2,3)4/h5-10H,1-4H3,(H,22,23). The Labute approximate surface area is 149 Å². The number of carbonyl (C=O) groups excluding carboxylic acids is 1. The first-order valence-electron chi connectivity index (χ1n) is 7.72. The van der Waals surface area contributed by atoms with E-state index >= 15 is 0 Å². The van der Waals surface area contributed by atoms with Gasteiger partial charge in [0.1, 0.15) is 5.52 Å². The number of benzene rings is 2. The van der Waals surface area contributed by atoms with Crippen molar-refractivity contribution in [2.75, 3.05) is 5.32 Å². The minimum Gasteiger partial charge on any atom is -0.436 e. The zero-order valence-corrected chi connectivity index (χ0v) is 15.7. The van der Waals surface area contributed by atoms with Gasteiger partial charge in [0.2, 0.25) is 11.8 Å². The molecule has 3 aromatic rings. The van der Waals surface area contributed by atoms with E-state index in [4.69, 9.17) is 4.42 Å². The molecule has 0 fully saturated rings. The highest BCUT2D eigenvalue weighted by molar-refractivity contribution is 9.10. The number of anilines is 1. The van der Waals surface area contributed by atoms with Crippen LogP contribution in [-0.4, -0.2) is 10.9 Å². The quantitative estimate of drug-likeness (QED) is 0.627. The number of aryl methyl sites for hydroxylation is 1. The van der Waals surface area contributed by atoms with Gasteiger partial charge in [0.15, 0.2) is 5.58 Å². The number of aromatic nitrogens is 1. The van der Waals surface area contributed by atoms with Crippen LogP contribution in [0.2, 0.25) is 0 Å². The molecule has 1 amide bonds. The van der Waals surface area contributed by atoms with Crippen LogP contribution >= 0.6 is 15.9 Å². The molecule has 4 nitrogen and oxygen atoms in total. The number of carbonyl (C=O) groups is 1. The summed E-state index contributed by atoms with van der Waals surface area (Å²) in [5.74, 6) is 0.526. The zero-order valence-electron chi connectivity index (χ0n) is 14.1. The van der Waals surface area contributed by atoms with Crippen molar-refractivity contribution < 1.29 is 9.21 Å². The number of nitrogens with one attached hydrogen (secondary N) is 1. The number of hydrogen-bond acceptors (Lipinski definition) is 3. The van der Waals surface area contributed by atoms with Gasteiger partial charge in [0, 0.05) is 15.5 Å². The Morgan fingerprint density at radius 3 is 2.58 bits per heavy atom. The van der Waals surface area contributed by atoms with E-state index in [1.54, 1.807) is 0 Å². The lowest BCUT2D eigenvalue weighted by molar-refractivity contribution is -0.123. The molecule has 0 saturated carbocycles. The maximum atomic E-state index is 12.1. The lowest BCUT2D eigenvalue weighted by Gasteiger charge is -2.18. The van der Waals surface area contributed by atoms with Crippen molar-refractivity contribution in [2.45, 2.75) is 27.7 Å². The van der Waals surface area contributed by atoms with Crippen LogP contribution in [0.3, 0.4) is 0 Å². The predicted octanol–water partition coefficient (Wildman–Crippen LogP) is 5.55. The first-order valence-corrected chi connectivity index (χ1v) is 8.52. The predicted molar refractivity (Wildman–Crippen MR) is 100.0 cm³/mol. The van der Waals surface area contributed by atoms with Crippen LogP contribution in [0.15, 0.2) is 45.3 Å². The molecule has 0 spiro atoms. The van der Waals surface area contributed by atoms with Crippen LogP contribution in [0.1, 0.15) is 26.3 Å². The maximum Gasteiger partial charge on any atom is 0.229 e. The molecular formula is C19H19BrN2O2. The summed E-state index contributed by atoms with van der Waals surface area (Å²) in [7, 11) is 0. The summed E-state index contributed by atoms with van der Waals surface area (Å²) < 4.78 is 6.61. The van der Waals surface area contributed by atoms with Crippen molar-refractivity contribution in [3.05, 3.63) is 46.4 Å². The molecule has 0 aliphatic rings. The monoisotopic (exact) mass is 386 g/mol. The van der Waals surface area contributed by atoms with E-state index in [2.05, 4.69) is 26.2 Å². The Balaban J connectivity index is 1.92. The highest BCUT2D eigenvalue weighted by Gasteiger charge is 2.22. The first-order chi connectivity index (χ1) is 11.2. The molecule has 3 rings (SSSR count). The summed E-state index contributed by atoms with van der Waals surface area (Å²) in [6.07, 6.45) is 0. The van der Waals surface area contributed by atoms with Gasteiger partial charge >= 0.3 is 0 Å². The molecule has 2 aromatic carbocycles. The van der Waals surface area contributed by atoms with Crippen LogP contribution in [0, 0.1) is 12.3 Å². The van der Waals surface area contributed by atoms with Gasteiger partial charge in [-0.05, 0) is 58.7 Å². The van der Waals surface area contributed by atoms with Gasteiger partial charge in [0.05, 0.1) is 5.69 Å². The molecule has 0 aliphatic carbocycles. The third-order valence-corrected chi connectivity index (χ3v) is 4.34. The van der Waals surface area contributed by atoms with Crippen LogP contribution < -0.4 is 5.32 Å². The van der Waals surface area contributed by atoms with Crippen LogP contribution in [0.25, 0.3) is 22.6 Å². The van der Waals surface area contributed by atoms with Gasteiger partial charge in [-0.2, -0.15) is 0 Å². The number of halogens is 1. The molecule has 1 heterocycles. The largest absolute Gasteiger partial charge is 0.436 e. The second kappa shape index (κ2) is 6.06. The number of oxazole rings is 1. The normalized spacial score (nSPS) is 11.7. The highest BCUT2D eigenvalue weighted by Crippen LogP contribution is 2.31. The molecule has 124 valence electrons. The lowest BCUT2D eigenvalue weighted by atomic mass is 9.95.